The zero-order chi connectivity index (χ0) is 13.4. The zero-order valence-electron chi connectivity index (χ0n) is 10.8. The molecule has 1 aromatic heterocycles. The van der Waals surface area contributed by atoms with E-state index in [4.69, 9.17) is 0 Å². The van der Waals surface area contributed by atoms with Gasteiger partial charge in [-0.1, -0.05) is 6.92 Å². The first kappa shape index (κ1) is 13.5. The predicted octanol–water partition coefficient (Wildman–Crippen LogP) is 1.08. The Hall–Kier alpha value is -0.880. The Labute approximate surface area is 108 Å². The number of sulfone groups is 1. The molecule has 1 aromatic rings. The third kappa shape index (κ3) is 2.19. The molecule has 1 saturated carbocycles. The highest BCUT2D eigenvalue weighted by Gasteiger charge is 2.49. The topological polar surface area (TPSA) is 72.2 Å². The lowest BCUT2D eigenvalue weighted by molar-refractivity contribution is 0.0381. The van der Waals surface area contributed by atoms with Crippen LogP contribution in [0.5, 0.6) is 0 Å². The van der Waals surface area contributed by atoms with Gasteiger partial charge in [-0.05, 0) is 31.7 Å². The van der Waals surface area contributed by atoms with E-state index in [2.05, 4.69) is 5.10 Å². The summed E-state index contributed by atoms with van der Waals surface area (Å²) < 4.78 is 25.4. The first-order valence-corrected chi connectivity index (χ1v) is 8.28. The van der Waals surface area contributed by atoms with Crippen molar-refractivity contribution in [2.24, 2.45) is 0 Å². The maximum absolute atomic E-state index is 11.8. The molecule has 0 bridgehead atoms. The molecule has 2 unspecified atom stereocenters. The van der Waals surface area contributed by atoms with Crippen LogP contribution in [0.15, 0.2) is 12.3 Å². The van der Waals surface area contributed by atoms with Crippen molar-refractivity contribution >= 4 is 9.84 Å². The number of hydrogen-bond donors (Lipinski definition) is 1. The van der Waals surface area contributed by atoms with Gasteiger partial charge in [-0.3, -0.25) is 4.68 Å². The van der Waals surface area contributed by atoms with E-state index in [1.807, 2.05) is 6.92 Å². The van der Waals surface area contributed by atoms with Crippen molar-refractivity contribution in [3.63, 3.8) is 0 Å². The Bertz CT molecular complexity index is 523. The van der Waals surface area contributed by atoms with Gasteiger partial charge in [0, 0.05) is 19.0 Å². The van der Waals surface area contributed by atoms with Crippen LogP contribution < -0.4 is 0 Å². The largest absolute Gasteiger partial charge is 0.382 e. The normalized spacial score (nSPS) is 28.7. The summed E-state index contributed by atoms with van der Waals surface area (Å²) in [7, 11) is -3.26. The van der Waals surface area contributed by atoms with Crippen molar-refractivity contribution < 1.29 is 13.5 Å². The second-order valence-electron chi connectivity index (χ2n) is 5.07. The van der Waals surface area contributed by atoms with Gasteiger partial charge in [0.15, 0.2) is 9.84 Å². The van der Waals surface area contributed by atoms with E-state index in [0.717, 1.165) is 12.8 Å². The van der Waals surface area contributed by atoms with Gasteiger partial charge in [0.25, 0.3) is 0 Å². The van der Waals surface area contributed by atoms with E-state index in [-0.39, 0.29) is 0 Å². The second kappa shape index (κ2) is 4.66. The first-order valence-electron chi connectivity index (χ1n) is 6.33. The van der Waals surface area contributed by atoms with Crippen molar-refractivity contribution in [2.75, 3.05) is 6.26 Å². The molecule has 1 aliphatic rings. The molecular formula is C12H20N2O3S. The predicted molar refractivity (Wildman–Crippen MR) is 68.9 cm³/mol. The van der Waals surface area contributed by atoms with Crippen molar-refractivity contribution in [3.8, 4) is 0 Å². The monoisotopic (exact) mass is 272 g/mol. The molecule has 0 aliphatic heterocycles. The van der Waals surface area contributed by atoms with E-state index >= 15 is 0 Å². The Morgan fingerprint density at radius 2 is 2.33 bits per heavy atom. The molecular weight excluding hydrogens is 252 g/mol. The summed E-state index contributed by atoms with van der Waals surface area (Å²) in [4.78, 5) is 0. The van der Waals surface area contributed by atoms with Crippen LogP contribution in [0.2, 0.25) is 0 Å². The summed E-state index contributed by atoms with van der Waals surface area (Å²) in [5.74, 6) is 0. The number of nitrogens with zero attached hydrogens (tertiary/aromatic N) is 2. The van der Waals surface area contributed by atoms with Gasteiger partial charge >= 0.3 is 0 Å². The third-order valence-corrected chi connectivity index (χ3v) is 5.33. The molecule has 1 aliphatic carbocycles. The lowest BCUT2D eigenvalue weighted by Crippen LogP contribution is -2.41. The molecule has 5 nitrogen and oxygen atoms in total. The van der Waals surface area contributed by atoms with Gasteiger partial charge in [0.05, 0.1) is 10.9 Å². The summed E-state index contributed by atoms with van der Waals surface area (Å²) in [6, 6.07) is 1.74. The molecule has 1 N–H and O–H groups in total. The van der Waals surface area contributed by atoms with Crippen LogP contribution >= 0.6 is 0 Å². The SMILES string of the molecule is CCCn1nccc1C1(O)CCCC1S(C)(=O)=O. The van der Waals surface area contributed by atoms with E-state index < -0.39 is 20.7 Å². The Kier molecular flexibility index (Phi) is 3.51. The first-order chi connectivity index (χ1) is 8.39. The van der Waals surface area contributed by atoms with Gasteiger partial charge < -0.3 is 5.11 Å². The molecule has 1 fully saturated rings. The highest BCUT2D eigenvalue weighted by atomic mass is 32.2. The van der Waals surface area contributed by atoms with Gasteiger partial charge in [-0.2, -0.15) is 5.10 Å². The van der Waals surface area contributed by atoms with Gasteiger partial charge in [-0.25, -0.2) is 8.42 Å². The average molecular weight is 272 g/mol. The molecule has 0 amide bonds. The molecule has 2 atom stereocenters. The minimum Gasteiger partial charge on any atom is -0.382 e. The van der Waals surface area contributed by atoms with Gasteiger partial charge in [0.2, 0.25) is 0 Å². The minimum atomic E-state index is -3.26. The second-order valence-corrected chi connectivity index (χ2v) is 7.30. The molecule has 2 rings (SSSR count). The summed E-state index contributed by atoms with van der Waals surface area (Å²) in [5, 5.41) is 14.3. The number of rotatable bonds is 4. The van der Waals surface area contributed by atoms with Crippen molar-refractivity contribution in [1.29, 1.82) is 0 Å². The van der Waals surface area contributed by atoms with E-state index in [1.54, 1.807) is 16.9 Å². The number of aryl methyl sites for hydroxylation is 1. The van der Waals surface area contributed by atoms with Crippen LogP contribution in [0.1, 0.15) is 38.3 Å². The summed E-state index contributed by atoms with van der Waals surface area (Å²) in [5.41, 5.74) is -0.642. The van der Waals surface area contributed by atoms with Crippen LogP contribution in [0.25, 0.3) is 0 Å². The van der Waals surface area contributed by atoms with E-state index in [9.17, 15) is 13.5 Å². The standard InChI is InChI=1S/C12H20N2O3S/c1-3-9-14-10(6-8-13-14)12(15)7-4-5-11(12)18(2,16)17/h6,8,11,15H,3-5,7,9H2,1-2H3. The molecule has 1 heterocycles. The van der Waals surface area contributed by atoms with Crippen molar-refractivity contribution in [2.45, 2.75) is 50.0 Å². The highest BCUT2D eigenvalue weighted by molar-refractivity contribution is 7.91. The molecule has 102 valence electrons. The van der Waals surface area contributed by atoms with E-state index in [0.29, 0.717) is 25.1 Å². The number of aromatic nitrogens is 2. The number of aliphatic hydroxyl groups is 1. The van der Waals surface area contributed by atoms with Gasteiger partial charge in [-0.15, -0.1) is 0 Å². The zero-order valence-corrected chi connectivity index (χ0v) is 11.7. The van der Waals surface area contributed by atoms with Crippen LogP contribution in [-0.2, 0) is 22.0 Å². The quantitative estimate of drug-likeness (QED) is 0.890. The van der Waals surface area contributed by atoms with Gasteiger partial charge in [0.1, 0.15) is 5.60 Å². The van der Waals surface area contributed by atoms with Crippen molar-refractivity contribution in [3.05, 3.63) is 18.0 Å². The average Bonchev–Trinajstić information content (AvgIpc) is 2.84. The fourth-order valence-corrected chi connectivity index (χ4v) is 4.45. The van der Waals surface area contributed by atoms with Crippen LogP contribution in [0, 0.1) is 0 Å². The summed E-state index contributed by atoms with van der Waals surface area (Å²) in [6.07, 6.45) is 5.46. The van der Waals surface area contributed by atoms with E-state index in [1.165, 1.54) is 6.26 Å². The minimum absolute atomic E-state index is 0.486. The highest BCUT2D eigenvalue weighted by Crippen LogP contribution is 2.42. The molecule has 0 radical (unpaired) electrons. The molecule has 0 saturated heterocycles. The lowest BCUT2D eigenvalue weighted by Gasteiger charge is -2.29. The fraction of sp³-hybridized carbons (Fsp3) is 0.750. The van der Waals surface area contributed by atoms with Crippen LogP contribution in [0.3, 0.4) is 0 Å². The third-order valence-electron chi connectivity index (χ3n) is 3.67. The molecule has 0 aromatic carbocycles. The summed E-state index contributed by atoms with van der Waals surface area (Å²) in [6.45, 7) is 2.72. The fourth-order valence-electron chi connectivity index (χ4n) is 2.91. The summed E-state index contributed by atoms with van der Waals surface area (Å²) >= 11 is 0. The molecule has 18 heavy (non-hydrogen) atoms. The van der Waals surface area contributed by atoms with Crippen LogP contribution in [0.4, 0.5) is 0 Å². The smallest absolute Gasteiger partial charge is 0.153 e. The van der Waals surface area contributed by atoms with Crippen LogP contribution in [-0.4, -0.2) is 34.8 Å². The Morgan fingerprint density at radius 3 is 2.94 bits per heavy atom. The maximum atomic E-state index is 11.8. The lowest BCUT2D eigenvalue weighted by atomic mass is 9.97. The maximum Gasteiger partial charge on any atom is 0.153 e. The Morgan fingerprint density at radius 1 is 1.61 bits per heavy atom. The van der Waals surface area contributed by atoms with Crippen molar-refractivity contribution in [1.82, 2.24) is 9.78 Å². The number of hydrogen-bond acceptors (Lipinski definition) is 4. The Balaban J connectivity index is 2.43. The molecule has 0 spiro atoms. The molecule has 6 heteroatoms.